The second-order valence-electron chi connectivity index (χ2n) is 18.5. The lowest BCUT2D eigenvalue weighted by molar-refractivity contribution is -0.314. The van der Waals surface area contributed by atoms with Gasteiger partial charge in [-0.1, -0.05) is 181 Å². The van der Waals surface area contributed by atoms with Gasteiger partial charge in [0.2, 0.25) is 0 Å². The van der Waals surface area contributed by atoms with Crippen molar-refractivity contribution in [1.29, 1.82) is 0 Å². The van der Waals surface area contributed by atoms with Crippen LogP contribution >= 0.6 is 0 Å². The number of fused-ring (bicyclic) bond motifs is 3. The first kappa shape index (κ1) is 42.6. The largest absolute Gasteiger partial charge is 0.407 e. The summed E-state index contributed by atoms with van der Waals surface area (Å²) in [6.45, 7) is 18.3. The van der Waals surface area contributed by atoms with Gasteiger partial charge in [-0.25, -0.2) is 0 Å². The van der Waals surface area contributed by atoms with Gasteiger partial charge in [-0.3, -0.25) is 4.21 Å². The van der Waals surface area contributed by atoms with E-state index in [0.29, 0.717) is 32.8 Å². The molecule has 3 aliphatic rings. The smallest absolute Gasteiger partial charge is 0.261 e. The molecule has 3 heterocycles. The Balaban J connectivity index is 1.28. The molecule has 0 aliphatic carbocycles. The quantitative estimate of drug-likeness (QED) is 0.0989. The summed E-state index contributed by atoms with van der Waals surface area (Å²) in [4.78, 5) is 0.830. The fourth-order valence-corrected chi connectivity index (χ4v) is 20.5. The van der Waals surface area contributed by atoms with E-state index in [1.165, 1.54) is 20.7 Å². The molecule has 0 unspecified atom stereocenters. The monoisotopic (exact) mass is 830 g/mol. The molecule has 8 heteroatoms. The van der Waals surface area contributed by atoms with Gasteiger partial charge in [0.25, 0.3) is 16.6 Å². The Morgan fingerprint density at radius 2 is 1.00 bits per heavy atom. The Morgan fingerprint density at radius 1 is 0.621 bits per heavy atom. The van der Waals surface area contributed by atoms with Crippen molar-refractivity contribution in [3.05, 3.63) is 151 Å². The van der Waals surface area contributed by atoms with Crippen molar-refractivity contribution in [2.45, 2.75) is 93.7 Å². The number of hydrogen-bond donors (Lipinski definition) is 0. The van der Waals surface area contributed by atoms with E-state index in [9.17, 15) is 4.21 Å². The van der Waals surface area contributed by atoms with Crippen molar-refractivity contribution < 1.29 is 22.5 Å². The molecule has 0 saturated carbocycles. The zero-order valence-electron chi connectivity index (χ0n) is 35.5. The second kappa shape index (κ2) is 17.6. The van der Waals surface area contributed by atoms with Crippen LogP contribution in [0.1, 0.15) is 66.4 Å². The molecule has 3 saturated heterocycles. The number of rotatable bonds is 15. The normalized spacial score (nSPS) is 20.6. The van der Waals surface area contributed by atoms with Gasteiger partial charge < -0.3 is 18.3 Å². The second-order valence-corrected chi connectivity index (χ2v) is 28.7. The zero-order chi connectivity index (χ0) is 41.0. The van der Waals surface area contributed by atoms with Gasteiger partial charge in [0.1, 0.15) is 0 Å². The summed E-state index contributed by atoms with van der Waals surface area (Å²) in [6, 6.07) is 51.6. The molecule has 8 rings (SSSR count). The van der Waals surface area contributed by atoms with Crippen LogP contribution in [-0.4, -0.2) is 58.3 Å². The summed E-state index contributed by atoms with van der Waals surface area (Å²) in [5.41, 5.74) is 1.15. The van der Waals surface area contributed by atoms with Crippen molar-refractivity contribution in [3.63, 3.8) is 0 Å². The molecule has 5 aromatic rings. The predicted octanol–water partition coefficient (Wildman–Crippen LogP) is 8.78. The van der Waals surface area contributed by atoms with Crippen molar-refractivity contribution in [2.75, 3.05) is 26.4 Å². The molecule has 3 aliphatic heterocycles. The van der Waals surface area contributed by atoms with Crippen LogP contribution < -0.4 is 20.7 Å². The lowest BCUT2D eigenvalue weighted by atomic mass is 9.88. The van der Waals surface area contributed by atoms with E-state index < -0.39 is 33.2 Å². The molecule has 0 aromatic heterocycles. The molecule has 2 bridgehead atoms. The first-order valence-electron chi connectivity index (χ1n) is 21.0. The van der Waals surface area contributed by atoms with Crippen LogP contribution in [0.5, 0.6) is 0 Å². The topological polar surface area (TPSA) is 54.0 Å². The Labute approximate surface area is 352 Å². The molecule has 2 atom stereocenters. The van der Waals surface area contributed by atoms with Gasteiger partial charge in [-0.2, -0.15) is 0 Å². The minimum absolute atomic E-state index is 0.0158. The summed E-state index contributed by atoms with van der Waals surface area (Å²) < 4.78 is 43.2. The summed E-state index contributed by atoms with van der Waals surface area (Å²) in [6.07, 6.45) is 2.14. The molecular formula is C50H62O5SSi2. The van der Waals surface area contributed by atoms with E-state index in [2.05, 4.69) is 170 Å². The third kappa shape index (κ3) is 8.44. The zero-order valence-corrected chi connectivity index (χ0v) is 38.3. The average molecular weight is 831 g/mol. The van der Waals surface area contributed by atoms with Gasteiger partial charge in [-0.05, 0) is 62.7 Å². The van der Waals surface area contributed by atoms with Gasteiger partial charge >= 0.3 is 0 Å². The highest BCUT2D eigenvalue weighted by molar-refractivity contribution is 7.85. The number of ether oxygens (including phenoxy) is 2. The van der Waals surface area contributed by atoms with E-state index >= 15 is 0 Å². The maximum atomic E-state index is 14.4. The number of aryl methyl sites for hydroxylation is 1. The van der Waals surface area contributed by atoms with Gasteiger partial charge in [0.15, 0.2) is 5.79 Å². The fraction of sp³-hybridized carbons (Fsp3) is 0.400. The summed E-state index contributed by atoms with van der Waals surface area (Å²) in [5, 5.41) is 4.39. The van der Waals surface area contributed by atoms with Crippen LogP contribution in [0.25, 0.3) is 0 Å². The van der Waals surface area contributed by atoms with Gasteiger partial charge in [-0.15, -0.1) is 0 Å². The number of hydrogen-bond acceptors (Lipinski definition) is 5. The highest BCUT2D eigenvalue weighted by Crippen LogP contribution is 2.45. The third-order valence-electron chi connectivity index (χ3n) is 12.5. The van der Waals surface area contributed by atoms with E-state index in [1.807, 2.05) is 24.3 Å². The predicted molar refractivity (Wildman–Crippen MR) is 244 cm³/mol. The SMILES string of the molecule is Cc1ccc([S@](=O)[C@H]2CC3COC2(CCC(CO[Si](c2ccccc2)(c2ccccc2)C(C)(C)C)CO[Si](c2ccccc2)(c2ccccc2)C(C)(C)C)OC3)cc1. The highest BCUT2D eigenvalue weighted by Gasteiger charge is 2.55. The average Bonchev–Trinajstić information content (AvgIpc) is 3.24. The van der Waals surface area contributed by atoms with E-state index in [1.54, 1.807) is 0 Å². The first-order valence-corrected chi connectivity index (χ1v) is 26.1. The lowest BCUT2D eigenvalue weighted by Gasteiger charge is -2.51. The van der Waals surface area contributed by atoms with Crippen molar-refractivity contribution in [2.24, 2.45) is 11.8 Å². The molecule has 0 N–H and O–H groups in total. The van der Waals surface area contributed by atoms with E-state index in [4.69, 9.17) is 18.3 Å². The fourth-order valence-electron chi connectivity index (χ4n) is 9.43. The van der Waals surface area contributed by atoms with Crippen LogP contribution in [0.4, 0.5) is 0 Å². The molecule has 58 heavy (non-hydrogen) atoms. The Hall–Kier alpha value is -3.48. The minimum atomic E-state index is -2.87. The Bertz CT molecular complexity index is 1890. The van der Waals surface area contributed by atoms with Crippen LogP contribution in [0.15, 0.2) is 150 Å². The Kier molecular flexibility index (Phi) is 13.0. The number of benzene rings is 5. The van der Waals surface area contributed by atoms with Crippen molar-refractivity contribution >= 4 is 48.2 Å². The van der Waals surface area contributed by atoms with Gasteiger partial charge in [0, 0.05) is 36.4 Å². The van der Waals surface area contributed by atoms with Crippen LogP contribution in [-0.2, 0) is 29.1 Å². The standard InChI is InChI=1S/C50H62O5SSi2/c1-39-28-30-42(31-29-39)56(51)47-34-41-35-52-50(47,53-36-41)33-32-40(37-54-57(48(2,3)4,43-20-12-8-13-21-43)44-22-14-9-15-23-44)38-55-58(49(5,6)7,45-24-16-10-17-25-45)46-26-18-11-19-27-46/h8-31,40-41,47H,32-38H2,1-7H3/t41?,47-,50?,56-/m0/s1. The van der Waals surface area contributed by atoms with Crippen LogP contribution in [0, 0.1) is 18.8 Å². The maximum absolute atomic E-state index is 14.4. The van der Waals surface area contributed by atoms with E-state index in [-0.39, 0.29) is 27.2 Å². The van der Waals surface area contributed by atoms with E-state index in [0.717, 1.165) is 23.3 Å². The van der Waals surface area contributed by atoms with Gasteiger partial charge in [0.05, 0.1) is 29.3 Å². The molecule has 306 valence electrons. The summed E-state index contributed by atoms with van der Waals surface area (Å²) >= 11 is 0. The van der Waals surface area contributed by atoms with Crippen LogP contribution in [0.3, 0.4) is 0 Å². The third-order valence-corrected chi connectivity index (χ3v) is 24.3. The molecule has 0 amide bonds. The highest BCUT2D eigenvalue weighted by atomic mass is 32.2. The summed E-state index contributed by atoms with van der Waals surface area (Å²) in [7, 11) is -7.04. The maximum Gasteiger partial charge on any atom is 0.261 e. The molecular weight excluding hydrogens is 769 g/mol. The van der Waals surface area contributed by atoms with Crippen molar-refractivity contribution in [3.8, 4) is 0 Å². The lowest BCUT2D eigenvalue weighted by Crippen LogP contribution is -2.68. The molecule has 5 nitrogen and oxygen atoms in total. The van der Waals surface area contributed by atoms with Crippen molar-refractivity contribution in [1.82, 2.24) is 0 Å². The molecule has 0 spiro atoms. The Morgan fingerprint density at radius 3 is 1.36 bits per heavy atom. The molecule has 3 fully saturated rings. The minimum Gasteiger partial charge on any atom is -0.407 e. The molecule has 0 radical (unpaired) electrons. The van der Waals surface area contributed by atoms with Crippen LogP contribution in [0.2, 0.25) is 10.1 Å². The first-order chi connectivity index (χ1) is 27.8. The molecule has 5 aromatic carbocycles. The summed E-state index contributed by atoms with van der Waals surface area (Å²) in [5.74, 6) is -0.718.